The molecule has 1 aromatic heterocycles. The van der Waals surface area contributed by atoms with Crippen molar-refractivity contribution in [3.8, 4) is 0 Å². The molecule has 114 valence electrons. The lowest BCUT2D eigenvalue weighted by Gasteiger charge is -2.22. The highest BCUT2D eigenvalue weighted by molar-refractivity contribution is 9.11. The first kappa shape index (κ1) is 17.2. The van der Waals surface area contributed by atoms with Gasteiger partial charge >= 0.3 is 0 Å². The number of halogens is 2. The van der Waals surface area contributed by atoms with Gasteiger partial charge in [0.05, 0.1) is 3.79 Å². The zero-order valence-electron chi connectivity index (χ0n) is 12.3. The molecule has 1 unspecified atom stereocenters. The lowest BCUT2D eigenvalue weighted by Crippen LogP contribution is -2.25. The standard InChI is InChI=1S/C16H20Br2N2S/c1-19-15(13-5-3-4-6-14(13)17)7-8-20(2)10-12-9-16(18)21-11-12/h3-6,9,11,15,19H,7-8,10H2,1-2H3. The number of nitrogens with zero attached hydrogens (tertiary/aromatic N) is 1. The maximum absolute atomic E-state index is 3.64. The lowest BCUT2D eigenvalue weighted by atomic mass is 10.0. The third-order valence-electron chi connectivity index (χ3n) is 3.50. The van der Waals surface area contributed by atoms with Crippen molar-refractivity contribution in [3.05, 3.63) is 55.1 Å². The molecule has 0 aliphatic rings. The van der Waals surface area contributed by atoms with Crippen molar-refractivity contribution in [1.82, 2.24) is 10.2 Å². The maximum Gasteiger partial charge on any atom is 0.0701 e. The Kier molecular flexibility index (Phi) is 6.89. The Morgan fingerprint density at radius 1 is 1.29 bits per heavy atom. The molecule has 0 fully saturated rings. The Morgan fingerprint density at radius 3 is 2.67 bits per heavy atom. The smallest absolute Gasteiger partial charge is 0.0701 e. The predicted molar refractivity (Wildman–Crippen MR) is 98.9 cm³/mol. The van der Waals surface area contributed by atoms with Gasteiger partial charge in [-0.25, -0.2) is 0 Å². The van der Waals surface area contributed by atoms with Crippen LogP contribution in [-0.2, 0) is 6.54 Å². The van der Waals surface area contributed by atoms with E-state index < -0.39 is 0 Å². The van der Waals surface area contributed by atoms with Crippen LogP contribution < -0.4 is 5.32 Å². The summed E-state index contributed by atoms with van der Waals surface area (Å²) in [5.41, 5.74) is 2.70. The monoisotopic (exact) mass is 430 g/mol. The highest BCUT2D eigenvalue weighted by Crippen LogP contribution is 2.26. The molecular formula is C16H20Br2N2S. The Labute approximate surface area is 147 Å². The van der Waals surface area contributed by atoms with Crippen LogP contribution in [0.5, 0.6) is 0 Å². The van der Waals surface area contributed by atoms with Crippen LogP contribution in [0.15, 0.2) is 44.0 Å². The third kappa shape index (κ3) is 5.18. The second-order valence-electron chi connectivity index (χ2n) is 5.15. The molecular weight excluding hydrogens is 412 g/mol. The summed E-state index contributed by atoms with van der Waals surface area (Å²) in [5.74, 6) is 0. The molecule has 21 heavy (non-hydrogen) atoms. The average Bonchev–Trinajstić information content (AvgIpc) is 2.86. The van der Waals surface area contributed by atoms with Crippen molar-refractivity contribution in [2.75, 3.05) is 20.6 Å². The first-order valence-corrected chi connectivity index (χ1v) is 9.40. The van der Waals surface area contributed by atoms with E-state index in [1.807, 2.05) is 7.05 Å². The molecule has 0 saturated carbocycles. The quantitative estimate of drug-likeness (QED) is 0.659. The molecule has 0 saturated heterocycles. The van der Waals surface area contributed by atoms with Gasteiger partial charge in [0.15, 0.2) is 0 Å². The summed E-state index contributed by atoms with van der Waals surface area (Å²) < 4.78 is 2.38. The molecule has 2 aromatic rings. The van der Waals surface area contributed by atoms with Crippen molar-refractivity contribution in [2.24, 2.45) is 0 Å². The van der Waals surface area contributed by atoms with Gasteiger partial charge in [0, 0.05) is 17.1 Å². The van der Waals surface area contributed by atoms with Crippen LogP contribution in [0, 0.1) is 0 Å². The van der Waals surface area contributed by atoms with E-state index in [4.69, 9.17) is 0 Å². The van der Waals surface area contributed by atoms with E-state index in [2.05, 4.69) is 84.8 Å². The maximum atomic E-state index is 3.64. The molecule has 5 heteroatoms. The zero-order chi connectivity index (χ0) is 15.2. The van der Waals surface area contributed by atoms with Crippen LogP contribution in [0.25, 0.3) is 0 Å². The number of hydrogen-bond acceptors (Lipinski definition) is 3. The van der Waals surface area contributed by atoms with Crippen molar-refractivity contribution >= 4 is 43.2 Å². The topological polar surface area (TPSA) is 15.3 Å². The van der Waals surface area contributed by atoms with E-state index in [0.717, 1.165) is 19.5 Å². The molecule has 1 heterocycles. The summed E-state index contributed by atoms with van der Waals surface area (Å²) in [6, 6.07) is 11.0. The number of thiophene rings is 1. The molecule has 1 N–H and O–H groups in total. The molecule has 0 radical (unpaired) electrons. The second kappa shape index (κ2) is 8.44. The molecule has 0 spiro atoms. The fraction of sp³-hybridized carbons (Fsp3) is 0.375. The zero-order valence-corrected chi connectivity index (χ0v) is 16.3. The van der Waals surface area contributed by atoms with Gasteiger partial charge in [-0.05, 0) is 71.6 Å². The Balaban J connectivity index is 1.89. The number of nitrogens with one attached hydrogen (secondary N) is 1. The van der Waals surface area contributed by atoms with Gasteiger partial charge in [-0.3, -0.25) is 0 Å². The molecule has 0 amide bonds. The van der Waals surface area contributed by atoms with Crippen LogP contribution >= 0.6 is 43.2 Å². The fourth-order valence-electron chi connectivity index (χ4n) is 2.38. The average molecular weight is 432 g/mol. The van der Waals surface area contributed by atoms with Gasteiger partial charge < -0.3 is 10.2 Å². The van der Waals surface area contributed by atoms with E-state index >= 15 is 0 Å². The van der Waals surface area contributed by atoms with Crippen LogP contribution in [0.4, 0.5) is 0 Å². The molecule has 0 bridgehead atoms. The highest BCUT2D eigenvalue weighted by atomic mass is 79.9. The minimum Gasteiger partial charge on any atom is -0.313 e. The first-order valence-electron chi connectivity index (χ1n) is 6.93. The van der Waals surface area contributed by atoms with Crippen molar-refractivity contribution in [1.29, 1.82) is 0 Å². The molecule has 2 rings (SSSR count). The lowest BCUT2D eigenvalue weighted by molar-refractivity contribution is 0.304. The Bertz CT molecular complexity index is 571. The number of benzene rings is 1. The first-order chi connectivity index (χ1) is 10.1. The van der Waals surface area contributed by atoms with Gasteiger partial charge in [-0.2, -0.15) is 0 Å². The largest absolute Gasteiger partial charge is 0.313 e. The van der Waals surface area contributed by atoms with Gasteiger partial charge in [-0.1, -0.05) is 34.1 Å². The minimum atomic E-state index is 0.372. The van der Waals surface area contributed by atoms with E-state index in [1.54, 1.807) is 11.3 Å². The van der Waals surface area contributed by atoms with E-state index in [9.17, 15) is 0 Å². The Hall–Kier alpha value is -0.200. The summed E-state index contributed by atoms with van der Waals surface area (Å²) >= 11 is 8.91. The highest BCUT2D eigenvalue weighted by Gasteiger charge is 2.13. The summed E-state index contributed by atoms with van der Waals surface area (Å²) in [6.07, 6.45) is 1.08. The summed E-state index contributed by atoms with van der Waals surface area (Å²) in [7, 11) is 4.21. The molecule has 1 aromatic carbocycles. The van der Waals surface area contributed by atoms with E-state index in [0.29, 0.717) is 6.04 Å². The van der Waals surface area contributed by atoms with Gasteiger partial charge in [0.25, 0.3) is 0 Å². The van der Waals surface area contributed by atoms with Crippen LogP contribution in [0.3, 0.4) is 0 Å². The van der Waals surface area contributed by atoms with Crippen molar-refractivity contribution < 1.29 is 0 Å². The van der Waals surface area contributed by atoms with E-state index in [1.165, 1.54) is 19.4 Å². The summed E-state index contributed by atoms with van der Waals surface area (Å²) in [4.78, 5) is 2.37. The number of hydrogen-bond donors (Lipinski definition) is 1. The Morgan fingerprint density at radius 2 is 2.05 bits per heavy atom. The summed E-state index contributed by atoms with van der Waals surface area (Å²) in [6.45, 7) is 2.05. The normalized spacial score (nSPS) is 12.8. The van der Waals surface area contributed by atoms with Gasteiger partial charge in [0.2, 0.25) is 0 Å². The van der Waals surface area contributed by atoms with Crippen molar-refractivity contribution in [3.63, 3.8) is 0 Å². The number of rotatable bonds is 7. The molecule has 1 atom stereocenters. The summed E-state index contributed by atoms with van der Waals surface area (Å²) in [5, 5.41) is 5.63. The predicted octanol–water partition coefficient (Wildman–Crippen LogP) is 5.06. The third-order valence-corrected chi connectivity index (χ3v) is 5.78. The van der Waals surface area contributed by atoms with E-state index in [-0.39, 0.29) is 0 Å². The SMILES string of the molecule is CNC(CCN(C)Cc1csc(Br)c1)c1ccccc1Br. The minimum absolute atomic E-state index is 0.372. The van der Waals surface area contributed by atoms with Crippen LogP contribution in [-0.4, -0.2) is 25.5 Å². The van der Waals surface area contributed by atoms with Gasteiger partial charge in [-0.15, -0.1) is 11.3 Å². The molecule has 2 nitrogen and oxygen atoms in total. The molecule has 0 aliphatic heterocycles. The molecule has 0 aliphatic carbocycles. The van der Waals surface area contributed by atoms with Crippen molar-refractivity contribution in [2.45, 2.75) is 19.0 Å². The van der Waals surface area contributed by atoms with Crippen LogP contribution in [0.1, 0.15) is 23.6 Å². The van der Waals surface area contributed by atoms with Crippen LogP contribution in [0.2, 0.25) is 0 Å². The second-order valence-corrected chi connectivity index (χ2v) is 8.29. The van der Waals surface area contributed by atoms with Gasteiger partial charge in [0.1, 0.15) is 0 Å². The fourth-order valence-corrected chi connectivity index (χ4v) is 4.14.